The summed E-state index contributed by atoms with van der Waals surface area (Å²) >= 11 is 0. The Bertz CT molecular complexity index is 338. The van der Waals surface area contributed by atoms with Crippen LogP contribution in [0.5, 0.6) is 0 Å². The van der Waals surface area contributed by atoms with Crippen LogP contribution in [0.2, 0.25) is 0 Å². The Balaban J connectivity index is 2.30. The van der Waals surface area contributed by atoms with E-state index in [4.69, 9.17) is 5.73 Å². The molecule has 0 saturated carbocycles. The number of hydrogen-bond donors (Lipinski definition) is 1. The summed E-state index contributed by atoms with van der Waals surface area (Å²) in [5.74, 6) is 0. The quantitative estimate of drug-likeness (QED) is 0.641. The predicted molar refractivity (Wildman–Crippen MR) is 61.0 cm³/mol. The van der Waals surface area contributed by atoms with Crippen molar-refractivity contribution in [3.8, 4) is 0 Å². The number of likely N-dealkylation sites (N-methyl/N-ethyl adjacent to an activating group) is 1. The molecule has 0 aromatic heterocycles. The number of benzene rings is 1. The second-order valence-electron chi connectivity index (χ2n) is 3.68. The SMILES string of the molecule is CN(CCOCC(F)(F)F)c1ccc(N)cc1. The zero-order valence-electron chi connectivity index (χ0n) is 9.50. The zero-order valence-corrected chi connectivity index (χ0v) is 9.50. The maximum Gasteiger partial charge on any atom is 0.411 e. The molecule has 0 radical (unpaired) electrons. The van der Waals surface area contributed by atoms with Crippen LogP contribution in [0.1, 0.15) is 0 Å². The van der Waals surface area contributed by atoms with Crippen molar-refractivity contribution in [2.24, 2.45) is 0 Å². The van der Waals surface area contributed by atoms with Gasteiger partial charge in [0.05, 0.1) is 6.61 Å². The monoisotopic (exact) mass is 248 g/mol. The Morgan fingerprint density at radius 1 is 1.24 bits per heavy atom. The summed E-state index contributed by atoms with van der Waals surface area (Å²) in [5.41, 5.74) is 7.06. The highest BCUT2D eigenvalue weighted by atomic mass is 19.4. The lowest BCUT2D eigenvalue weighted by atomic mass is 10.2. The van der Waals surface area contributed by atoms with Crippen molar-refractivity contribution in [1.82, 2.24) is 0 Å². The van der Waals surface area contributed by atoms with Crippen LogP contribution in [0.4, 0.5) is 24.5 Å². The van der Waals surface area contributed by atoms with E-state index in [-0.39, 0.29) is 6.61 Å². The molecule has 3 nitrogen and oxygen atoms in total. The zero-order chi connectivity index (χ0) is 12.9. The van der Waals surface area contributed by atoms with E-state index >= 15 is 0 Å². The first-order valence-electron chi connectivity index (χ1n) is 5.09. The van der Waals surface area contributed by atoms with Gasteiger partial charge in [0.2, 0.25) is 0 Å². The fraction of sp³-hybridized carbons (Fsp3) is 0.455. The molecule has 2 N–H and O–H groups in total. The third-order valence-electron chi connectivity index (χ3n) is 2.17. The lowest BCUT2D eigenvalue weighted by Crippen LogP contribution is -2.25. The highest BCUT2D eigenvalue weighted by Gasteiger charge is 2.27. The van der Waals surface area contributed by atoms with Crippen molar-refractivity contribution in [2.45, 2.75) is 6.18 Å². The smallest absolute Gasteiger partial charge is 0.399 e. The second-order valence-corrected chi connectivity index (χ2v) is 3.68. The van der Waals surface area contributed by atoms with Crippen LogP contribution in [0.25, 0.3) is 0 Å². The molecule has 0 heterocycles. The van der Waals surface area contributed by atoms with Crippen LogP contribution in [0, 0.1) is 0 Å². The first-order chi connectivity index (χ1) is 7.88. The van der Waals surface area contributed by atoms with Crippen LogP contribution >= 0.6 is 0 Å². The van der Waals surface area contributed by atoms with E-state index < -0.39 is 12.8 Å². The molecule has 0 amide bonds. The van der Waals surface area contributed by atoms with Crippen LogP contribution in [-0.2, 0) is 4.74 Å². The number of nitrogens with zero attached hydrogens (tertiary/aromatic N) is 1. The molecule has 0 aliphatic heterocycles. The summed E-state index contributed by atoms with van der Waals surface area (Å²) in [4.78, 5) is 1.80. The predicted octanol–water partition coefficient (Wildman–Crippen LogP) is 2.28. The Morgan fingerprint density at radius 3 is 2.35 bits per heavy atom. The molecule has 1 aromatic rings. The normalized spacial score (nSPS) is 11.5. The van der Waals surface area contributed by atoms with Crippen molar-refractivity contribution in [3.05, 3.63) is 24.3 Å². The van der Waals surface area contributed by atoms with E-state index in [1.54, 1.807) is 36.2 Å². The van der Waals surface area contributed by atoms with Gasteiger partial charge in [-0.1, -0.05) is 0 Å². The molecular formula is C11H15F3N2O. The second kappa shape index (κ2) is 5.77. The molecule has 0 atom stereocenters. The van der Waals surface area contributed by atoms with E-state index in [2.05, 4.69) is 4.74 Å². The summed E-state index contributed by atoms with van der Waals surface area (Å²) in [6.07, 6.45) is -4.26. The topological polar surface area (TPSA) is 38.5 Å². The molecule has 96 valence electrons. The van der Waals surface area contributed by atoms with Crippen molar-refractivity contribution >= 4 is 11.4 Å². The van der Waals surface area contributed by atoms with Gasteiger partial charge in [0.15, 0.2) is 0 Å². The number of anilines is 2. The van der Waals surface area contributed by atoms with Gasteiger partial charge in [0.1, 0.15) is 6.61 Å². The van der Waals surface area contributed by atoms with Gasteiger partial charge >= 0.3 is 6.18 Å². The van der Waals surface area contributed by atoms with Gasteiger partial charge in [0, 0.05) is 25.0 Å². The minimum Gasteiger partial charge on any atom is -0.399 e. The average Bonchev–Trinajstić information content (AvgIpc) is 2.24. The summed E-state index contributed by atoms with van der Waals surface area (Å²) in [6, 6.07) is 7.09. The van der Waals surface area contributed by atoms with Crippen LogP contribution < -0.4 is 10.6 Å². The first-order valence-corrected chi connectivity index (χ1v) is 5.09. The van der Waals surface area contributed by atoms with Crippen molar-refractivity contribution in [3.63, 3.8) is 0 Å². The van der Waals surface area contributed by atoms with Gasteiger partial charge in [-0.05, 0) is 24.3 Å². The number of ether oxygens (including phenoxy) is 1. The fourth-order valence-electron chi connectivity index (χ4n) is 1.25. The van der Waals surface area contributed by atoms with Crippen molar-refractivity contribution in [1.29, 1.82) is 0 Å². The van der Waals surface area contributed by atoms with Gasteiger partial charge in [-0.15, -0.1) is 0 Å². The average molecular weight is 248 g/mol. The Kier molecular flexibility index (Phi) is 4.62. The highest BCUT2D eigenvalue weighted by Crippen LogP contribution is 2.16. The molecule has 0 aliphatic carbocycles. The van der Waals surface area contributed by atoms with E-state index in [0.29, 0.717) is 12.2 Å². The van der Waals surface area contributed by atoms with Gasteiger partial charge in [-0.2, -0.15) is 13.2 Å². The minimum atomic E-state index is -4.26. The molecule has 0 fully saturated rings. The van der Waals surface area contributed by atoms with Crippen molar-refractivity contribution < 1.29 is 17.9 Å². The number of nitrogens with two attached hydrogens (primary N) is 1. The maximum atomic E-state index is 11.8. The largest absolute Gasteiger partial charge is 0.411 e. The molecule has 0 spiro atoms. The Morgan fingerprint density at radius 2 is 1.82 bits per heavy atom. The molecule has 0 unspecified atom stereocenters. The summed E-state index contributed by atoms with van der Waals surface area (Å²) in [5, 5.41) is 0. The Hall–Kier alpha value is -1.43. The van der Waals surface area contributed by atoms with Crippen molar-refractivity contribution in [2.75, 3.05) is 37.4 Å². The highest BCUT2D eigenvalue weighted by molar-refractivity contribution is 5.52. The lowest BCUT2D eigenvalue weighted by Gasteiger charge is -2.19. The van der Waals surface area contributed by atoms with E-state index in [9.17, 15) is 13.2 Å². The van der Waals surface area contributed by atoms with Crippen LogP contribution in [-0.4, -0.2) is 33.0 Å². The summed E-state index contributed by atoms with van der Waals surface area (Å²) < 4.78 is 39.9. The number of halogens is 3. The molecule has 1 rings (SSSR count). The maximum absolute atomic E-state index is 11.8. The molecular weight excluding hydrogens is 233 g/mol. The molecule has 0 bridgehead atoms. The molecule has 0 saturated heterocycles. The summed E-state index contributed by atoms with van der Waals surface area (Å²) in [6.45, 7) is -0.789. The van der Waals surface area contributed by atoms with Crippen LogP contribution in [0.3, 0.4) is 0 Å². The third-order valence-corrected chi connectivity index (χ3v) is 2.17. The van der Waals surface area contributed by atoms with Crippen LogP contribution in [0.15, 0.2) is 24.3 Å². The van der Waals surface area contributed by atoms with E-state index in [1.807, 2.05) is 0 Å². The van der Waals surface area contributed by atoms with E-state index in [1.165, 1.54) is 0 Å². The van der Waals surface area contributed by atoms with Gasteiger partial charge in [-0.3, -0.25) is 0 Å². The number of hydrogen-bond acceptors (Lipinski definition) is 3. The number of rotatable bonds is 5. The standard InChI is InChI=1S/C11H15F3N2O/c1-16(6-7-17-8-11(12,13)14)10-4-2-9(15)3-5-10/h2-5H,6-8,15H2,1H3. The molecule has 17 heavy (non-hydrogen) atoms. The summed E-state index contributed by atoms with van der Waals surface area (Å²) in [7, 11) is 1.78. The fourth-order valence-corrected chi connectivity index (χ4v) is 1.25. The van der Waals surface area contributed by atoms with Gasteiger partial charge in [0.25, 0.3) is 0 Å². The first kappa shape index (κ1) is 13.6. The molecule has 6 heteroatoms. The third kappa shape index (κ3) is 5.44. The Labute approximate surface area is 98.0 Å². The number of nitrogen functional groups attached to an aromatic ring is 1. The van der Waals surface area contributed by atoms with E-state index in [0.717, 1.165) is 5.69 Å². The minimum absolute atomic E-state index is 0.0282. The molecule has 1 aromatic carbocycles. The van der Waals surface area contributed by atoms with Gasteiger partial charge < -0.3 is 15.4 Å². The van der Waals surface area contributed by atoms with Gasteiger partial charge in [-0.25, -0.2) is 0 Å². The number of alkyl halides is 3. The lowest BCUT2D eigenvalue weighted by molar-refractivity contribution is -0.173. The molecule has 0 aliphatic rings.